The number of anilines is 1. The maximum absolute atomic E-state index is 12.5. The molecule has 0 radical (unpaired) electrons. The minimum absolute atomic E-state index is 0.0591. The van der Waals surface area contributed by atoms with Crippen LogP contribution in [0.3, 0.4) is 0 Å². The standard InChI is InChI=1S/C22H28N2O2/c1-16-8-9-20(14-18(16)3)26-15-22(25)24-12-10-23(11-13-24)21-7-5-6-17(2)19(21)4/h5-9,14H,10-13,15H2,1-4H3. The Bertz CT molecular complexity index is 793. The third kappa shape index (κ3) is 4.01. The van der Waals surface area contributed by atoms with Gasteiger partial charge in [-0.15, -0.1) is 0 Å². The number of carbonyl (C=O) groups is 1. The van der Waals surface area contributed by atoms with Crippen LogP contribution in [-0.4, -0.2) is 43.6 Å². The molecule has 0 unspecified atom stereocenters. The first-order chi connectivity index (χ1) is 12.5. The first-order valence-electron chi connectivity index (χ1n) is 9.24. The number of piperazine rings is 1. The van der Waals surface area contributed by atoms with Crippen molar-refractivity contribution in [1.29, 1.82) is 0 Å². The molecule has 1 aliphatic rings. The highest BCUT2D eigenvalue weighted by molar-refractivity contribution is 5.78. The molecular formula is C22H28N2O2. The van der Waals surface area contributed by atoms with Gasteiger partial charge in [0.2, 0.25) is 0 Å². The quantitative estimate of drug-likeness (QED) is 0.842. The minimum atomic E-state index is 0.0591. The van der Waals surface area contributed by atoms with Crippen LogP contribution in [0.5, 0.6) is 5.75 Å². The fourth-order valence-electron chi connectivity index (χ4n) is 3.31. The lowest BCUT2D eigenvalue weighted by molar-refractivity contribution is -0.133. The molecule has 138 valence electrons. The van der Waals surface area contributed by atoms with E-state index in [1.54, 1.807) is 0 Å². The lowest BCUT2D eigenvalue weighted by Crippen LogP contribution is -2.50. The zero-order valence-corrected chi connectivity index (χ0v) is 16.2. The van der Waals surface area contributed by atoms with Crippen molar-refractivity contribution in [2.45, 2.75) is 27.7 Å². The highest BCUT2D eigenvalue weighted by Crippen LogP contribution is 2.24. The van der Waals surface area contributed by atoms with Crippen molar-refractivity contribution in [3.63, 3.8) is 0 Å². The summed E-state index contributed by atoms with van der Waals surface area (Å²) >= 11 is 0. The first-order valence-corrected chi connectivity index (χ1v) is 9.24. The molecule has 3 rings (SSSR count). The molecule has 0 atom stereocenters. The molecule has 4 nitrogen and oxygen atoms in total. The molecule has 1 aliphatic heterocycles. The van der Waals surface area contributed by atoms with Gasteiger partial charge in [0, 0.05) is 31.9 Å². The van der Waals surface area contributed by atoms with Gasteiger partial charge in [-0.2, -0.15) is 0 Å². The fraction of sp³-hybridized carbons (Fsp3) is 0.409. The summed E-state index contributed by atoms with van der Waals surface area (Å²) in [5.74, 6) is 0.819. The monoisotopic (exact) mass is 352 g/mol. The van der Waals surface area contributed by atoms with Crippen molar-refractivity contribution in [2.75, 3.05) is 37.7 Å². The number of nitrogens with zero attached hydrogens (tertiary/aromatic N) is 2. The van der Waals surface area contributed by atoms with E-state index in [2.05, 4.69) is 50.8 Å². The van der Waals surface area contributed by atoms with E-state index in [0.29, 0.717) is 0 Å². The van der Waals surface area contributed by atoms with E-state index in [9.17, 15) is 4.79 Å². The van der Waals surface area contributed by atoms with Crippen molar-refractivity contribution in [2.24, 2.45) is 0 Å². The molecule has 2 aromatic rings. The molecule has 0 aliphatic carbocycles. The molecule has 26 heavy (non-hydrogen) atoms. The molecule has 1 saturated heterocycles. The molecule has 0 bridgehead atoms. The number of benzene rings is 2. The Labute approximate surface area is 156 Å². The van der Waals surface area contributed by atoms with E-state index >= 15 is 0 Å². The third-order valence-corrected chi connectivity index (χ3v) is 5.39. The van der Waals surface area contributed by atoms with E-state index < -0.39 is 0 Å². The highest BCUT2D eigenvalue weighted by Gasteiger charge is 2.22. The topological polar surface area (TPSA) is 32.8 Å². The maximum Gasteiger partial charge on any atom is 0.260 e. The average Bonchev–Trinajstić information content (AvgIpc) is 2.65. The molecule has 0 spiro atoms. The van der Waals surface area contributed by atoms with Crippen LogP contribution in [0.15, 0.2) is 36.4 Å². The number of aryl methyl sites for hydroxylation is 3. The van der Waals surface area contributed by atoms with E-state index in [1.807, 2.05) is 23.1 Å². The summed E-state index contributed by atoms with van der Waals surface area (Å²) in [5, 5.41) is 0. The first kappa shape index (κ1) is 18.3. The lowest BCUT2D eigenvalue weighted by Gasteiger charge is -2.37. The highest BCUT2D eigenvalue weighted by atomic mass is 16.5. The van der Waals surface area contributed by atoms with E-state index in [4.69, 9.17) is 4.74 Å². The lowest BCUT2D eigenvalue weighted by atomic mass is 10.1. The van der Waals surface area contributed by atoms with Crippen LogP contribution in [0.1, 0.15) is 22.3 Å². The van der Waals surface area contributed by atoms with Crippen LogP contribution < -0.4 is 9.64 Å². The van der Waals surface area contributed by atoms with E-state index in [0.717, 1.165) is 31.9 Å². The molecule has 0 N–H and O–H groups in total. The van der Waals surface area contributed by atoms with Crippen LogP contribution >= 0.6 is 0 Å². The number of hydrogen-bond donors (Lipinski definition) is 0. The number of amides is 1. The minimum Gasteiger partial charge on any atom is -0.484 e. The van der Waals surface area contributed by atoms with E-state index in [1.165, 1.54) is 27.9 Å². The van der Waals surface area contributed by atoms with Gasteiger partial charge in [-0.05, 0) is 68.1 Å². The van der Waals surface area contributed by atoms with Gasteiger partial charge >= 0.3 is 0 Å². The van der Waals surface area contributed by atoms with Crippen molar-refractivity contribution >= 4 is 11.6 Å². The second kappa shape index (κ2) is 7.81. The van der Waals surface area contributed by atoms with Crippen molar-refractivity contribution < 1.29 is 9.53 Å². The van der Waals surface area contributed by atoms with E-state index in [-0.39, 0.29) is 12.5 Å². The van der Waals surface area contributed by atoms with Crippen LogP contribution in [0.4, 0.5) is 5.69 Å². The predicted octanol–water partition coefficient (Wildman–Crippen LogP) is 3.65. The van der Waals surface area contributed by atoms with Crippen LogP contribution in [0, 0.1) is 27.7 Å². The Morgan fingerprint density at radius 1 is 0.923 bits per heavy atom. The molecule has 1 amide bonds. The summed E-state index contributed by atoms with van der Waals surface area (Å²) in [6.45, 7) is 11.7. The van der Waals surface area contributed by atoms with Crippen molar-refractivity contribution in [1.82, 2.24) is 4.90 Å². The Balaban J connectivity index is 1.53. The second-order valence-electron chi connectivity index (χ2n) is 7.12. The zero-order chi connectivity index (χ0) is 18.7. The van der Waals surface area contributed by atoms with Gasteiger partial charge in [0.25, 0.3) is 5.91 Å². The molecule has 2 aromatic carbocycles. The largest absolute Gasteiger partial charge is 0.484 e. The predicted molar refractivity (Wildman–Crippen MR) is 106 cm³/mol. The van der Waals surface area contributed by atoms with Crippen molar-refractivity contribution in [3.8, 4) is 5.75 Å². The Hall–Kier alpha value is -2.49. The molecule has 1 heterocycles. The average molecular weight is 352 g/mol. The summed E-state index contributed by atoms with van der Waals surface area (Å²) in [7, 11) is 0. The SMILES string of the molecule is Cc1ccc(OCC(=O)N2CCN(c3cccc(C)c3C)CC2)cc1C. The maximum atomic E-state index is 12.5. The summed E-state index contributed by atoms with van der Waals surface area (Å²) in [6, 6.07) is 12.4. The van der Waals surface area contributed by atoms with Gasteiger partial charge in [0.05, 0.1) is 0 Å². The Morgan fingerprint density at radius 3 is 2.35 bits per heavy atom. The number of ether oxygens (including phenoxy) is 1. The molecule has 4 heteroatoms. The van der Waals surface area contributed by atoms with Gasteiger partial charge in [0.15, 0.2) is 6.61 Å². The van der Waals surface area contributed by atoms with Gasteiger partial charge < -0.3 is 14.5 Å². The summed E-state index contributed by atoms with van der Waals surface area (Å²) in [5.41, 5.74) is 6.32. The molecular weight excluding hydrogens is 324 g/mol. The van der Waals surface area contributed by atoms with Gasteiger partial charge in [0.1, 0.15) is 5.75 Å². The third-order valence-electron chi connectivity index (χ3n) is 5.39. The smallest absolute Gasteiger partial charge is 0.260 e. The number of rotatable bonds is 4. The van der Waals surface area contributed by atoms with Gasteiger partial charge in [-0.3, -0.25) is 4.79 Å². The molecule has 0 saturated carbocycles. The van der Waals surface area contributed by atoms with Crippen molar-refractivity contribution in [3.05, 3.63) is 58.7 Å². The molecule has 0 aromatic heterocycles. The van der Waals surface area contributed by atoms with Crippen LogP contribution in [0.2, 0.25) is 0 Å². The molecule has 1 fully saturated rings. The zero-order valence-electron chi connectivity index (χ0n) is 16.2. The number of hydrogen-bond acceptors (Lipinski definition) is 3. The Morgan fingerprint density at radius 2 is 1.65 bits per heavy atom. The number of carbonyl (C=O) groups excluding carboxylic acids is 1. The fourth-order valence-corrected chi connectivity index (χ4v) is 3.31. The summed E-state index contributed by atoms with van der Waals surface area (Å²) in [4.78, 5) is 16.7. The van der Waals surface area contributed by atoms with Gasteiger partial charge in [-0.25, -0.2) is 0 Å². The Kier molecular flexibility index (Phi) is 5.50. The summed E-state index contributed by atoms with van der Waals surface area (Å²) in [6.07, 6.45) is 0. The van der Waals surface area contributed by atoms with Gasteiger partial charge in [-0.1, -0.05) is 18.2 Å². The normalized spacial score (nSPS) is 14.5. The van der Waals surface area contributed by atoms with Crippen LogP contribution in [0.25, 0.3) is 0 Å². The summed E-state index contributed by atoms with van der Waals surface area (Å²) < 4.78 is 5.70. The van der Waals surface area contributed by atoms with Crippen LogP contribution in [-0.2, 0) is 4.79 Å². The second-order valence-corrected chi connectivity index (χ2v) is 7.12.